The molecular formula is C21H34N4O4. The van der Waals surface area contributed by atoms with Crippen LogP contribution in [0.3, 0.4) is 0 Å². The Balaban J connectivity index is 1.46. The summed E-state index contributed by atoms with van der Waals surface area (Å²) in [7, 11) is 2.20. The third-order valence-corrected chi connectivity index (χ3v) is 6.14. The molecule has 1 aliphatic heterocycles. The maximum absolute atomic E-state index is 12.3. The number of hydrogen-bond acceptors (Lipinski definition) is 5. The van der Waals surface area contributed by atoms with Crippen LogP contribution >= 0.6 is 0 Å². The second kappa shape index (κ2) is 8.73. The van der Waals surface area contributed by atoms with E-state index in [1.807, 2.05) is 30.4 Å². The molecule has 1 amide bonds. The summed E-state index contributed by atoms with van der Waals surface area (Å²) >= 11 is 0. The Kier molecular flexibility index (Phi) is 6.51. The number of amides is 1. The number of likely N-dealkylation sites (tertiary alicyclic amines) is 1. The van der Waals surface area contributed by atoms with Crippen molar-refractivity contribution in [1.82, 2.24) is 19.6 Å². The normalized spacial score (nSPS) is 24.0. The van der Waals surface area contributed by atoms with Gasteiger partial charge in [-0.3, -0.25) is 4.68 Å². The molecule has 2 heterocycles. The van der Waals surface area contributed by atoms with Crippen LogP contribution in [-0.2, 0) is 4.74 Å². The first kappa shape index (κ1) is 21.6. The van der Waals surface area contributed by atoms with Gasteiger partial charge in [0.05, 0.1) is 6.04 Å². The van der Waals surface area contributed by atoms with Gasteiger partial charge >= 0.3 is 12.1 Å². The summed E-state index contributed by atoms with van der Waals surface area (Å²) in [6.45, 7) is 7.17. The lowest BCUT2D eigenvalue weighted by Crippen LogP contribution is -2.50. The molecule has 2 fully saturated rings. The van der Waals surface area contributed by atoms with E-state index in [1.165, 1.54) is 0 Å². The fourth-order valence-electron chi connectivity index (χ4n) is 4.47. The molecule has 1 N–H and O–H groups in total. The van der Waals surface area contributed by atoms with E-state index in [0.29, 0.717) is 12.1 Å². The van der Waals surface area contributed by atoms with Crippen molar-refractivity contribution < 1.29 is 19.4 Å². The molecule has 0 atom stereocenters. The molecule has 1 aliphatic carbocycles. The highest BCUT2D eigenvalue weighted by Crippen LogP contribution is 2.32. The molecule has 162 valence electrons. The molecule has 1 aromatic rings. The molecule has 8 nitrogen and oxygen atoms in total. The molecule has 0 bridgehead atoms. The number of aromatic carboxylic acids is 1. The average molecular weight is 407 g/mol. The number of ether oxygens (including phenoxy) is 1. The van der Waals surface area contributed by atoms with Crippen LogP contribution in [0.1, 0.15) is 75.8 Å². The van der Waals surface area contributed by atoms with E-state index in [-0.39, 0.29) is 17.8 Å². The number of hydrogen-bond donors (Lipinski definition) is 1. The SMILES string of the molecule is CN(C1CCC(n2ccc(C(=O)O)n2)CC1)C1CCN(C(=O)OC(C)(C)C)CC1. The van der Waals surface area contributed by atoms with Crippen LogP contribution in [0.5, 0.6) is 0 Å². The van der Waals surface area contributed by atoms with Crippen molar-refractivity contribution in [1.29, 1.82) is 0 Å². The van der Waals surface area contributed by atoms with Crippen molar-refractivity contribution in [2.24, 2.45) is 0 Å². The lowest BCUT2D eigenvalue weighted by molar-refractivity contribution is 0.0113. The number of nitrogens with zero attached hydrogens (tertiary/aromatic N) is 4. The predicted octanol–water partition coefficient (Wildman–Crippen LogP) is 3.40. The zero-order valence-electron chi connectivity index (χ0n) is 18.0. The Labute approximate surface area is 172 Å². The number of carboxylic acids is 1. The first-order valence-electron chi connectivity index (χ1n) is 10.6. The number of carbonyl (C=O) groups is 2. The smallest absolute Gasteiger partial charge is 0.410 e. The maximum Gasteiger partial charge on any atom is 0.410 e. The Bertz CT molecular complexity index is 711. The van der Waals surface area contributed by atoms with E-state index >= 15 is 0 Å². The van der Waals surface area contributed by atoms with Gasteiger partial charge in [0.2, 0.25) is 0 Å². The quantitative estimate of drug-likeness (QED) is 0.825. The summed E-state index contributed by atoms with van der Waals surface area (Å²) in [5.74, 6) is -0.977. The summed E-state index contributed by atoms with van der Waals surface area (Å²) in [6.07, 6.45) is 7.68. The molecule has 0 unspecified atom stereocenters. The van der Waals surface area contributed by atoms with Crippen LogP contribution in [0.25, 0.3) is 0 Å². The average Bonchev–Trinajstić information content (AvgIpc) is 3.17. The summed E-state index contributed by atoms with van der Waals surface area (Å²) in [5, 5.41) is 13.2. The summed E-state index contributed by atoms with van der Waals surface area (Å²) in [4.78, 5) is 27.6. The number of carbonyl (C=O) groups excluding carboxylic acids is 1. The predicted molar refractivity (Wildman–Crippen MR) is 109 cm³/mol. The molecule has 1 saturated heterocycles. The number of piperidine rings is 1. The first-order chi connectivity index (χ1) is 13.6. The van der Waals surface area contributed by atoms with Gasteiger partial charge in [-0.1, -0.05) is 0 Å². The van der Waals surface area contributed by atoms with Gasteiger partial charge in [0.1, 0.15) is 5.60 Å². The molecule has 29 heavy (non-hydrogen) atoms. The highest BCUT2D eigenvalue weighted by Gasteiger charge is 2.33. The van der Waals surface area contributed by atoms with Gasteiger partial charge in [-0.05, 0) is 72.4 Å². The second-order valence-electron chi connectivity index (χ2n) is 9.31. The molecule has 0 radical (unpaired) electrons. The Morgan fingerprint density at radius 3 is 2.21 bits per heavy atom. The summed E-state index contributed by atoms with van der Waals surface area (Å²) in [6, 6.07) is 2.86. The van der Waals surface area contributed by atoms with Crippen LogP contribution in [-0.4, -0.2) is 74.6 Å². The van der Waals surface area contributed by atoms with E-state index in [2.05, 4.69) is 17.0 Å². The molecular weight excluding hydrogens is 372 g/mol. The van der Waals surface area contributed by atoms with Gasteiger partial charge < -0.3 is 19.6 Å². The van der Waals surface area contributed by atoms with Gasteiger partial charge in [0.25, 0.3) is 0 Å². The van der Waals surface area contributed by atoms with Gasteiger partial charge in [0.15, 0.2) is 5.69 Å². The van der Waals surface area contributed by atoms with Crippen LogP contribution in [0, 0.1) is 0 Å². The number of rotatable bonds is 4. The number of carboxylic acid groups (broad SMARTS) is 1. The molecule has 2 aliphatic rings. The molecule has 3 rings (SSSR count). The Morgan fingerprint density at radius 2 is 1.69 bits per heavy atom. The Morgan fingerprint density at radius 1 is 1.10 bits per heavy atom. The zero-order chi connectivity index (χ0) is 21.2. The molecule has 1 aromatic heterocycles. The van der Waals surface area contributed by atoms with Gasteiger partial charge in [-0.2, -0.15) is 5.10 Å². The van der Waals surface area contributed by atoms with Crippen molar-refractivity contribution in [2.45, 2.75) is 83.0 Å². The minimum absolute atomic E-state index is 0.112. The fraction of sp³-hybridized carbons (Fsp3) is 0.762. The van der Waals surface area contributed by atoms with Crippen molar-refractivity contribution >= 4 is 12.1 Å². The first-order valence-corrected chi connectivity index (χ1v) is 10.6. The fourth-order valence-corrected chi connectivity index (χ4v) is 4.47. The Hall–Kier alpha value is -2.09. The summed E-state index contributed by atoms with van der Waals surface area (Å²) < 4.78 is 7.31. The maximum atomic E-state index is 12.3. The highest BCUT2D eigenvalue weighted by atomic mass is 16.6. The monoisotopic (exact) mass is 406 g/mol. The highest BCUT2D eigenvalue weighted by molar-refractivity contribution is 5.85. The minimum atomic E-state index is -0.977. The molecule has 1 saturated carbocycles. The van der Waals surface area contributed by atoms with Crippen molar-refractivity contribution in [3.05, 3.63) is 18.0 Å². The van der Waals surface area contributed by atoms with Crippen molar-refractivity contribution in [3.8, 4) is 0 Å². The number of aromatic nitrogens is 2. The van der Waals surface area contributed by atoms with Crippen LogP contribution in [0.4, 0.5) is 4.79 Å². The van der Waals surface area contributed by atoms with Crippen LogP contribution < -0.4 is 0 Å². The zero-order valence-corrected chi connectivity index (χ0v) is 18.0. The van der Waals surface area contributed by atoms with E-state index < -0.39 is 11.6 Å². The van der Waals surface area contributed by atoms with E-state index in [9.17, 15) is 9.59 Å². The lowest BCUT2D eigenvalue weighted by Gasteiger charge is -2.42. The van der Waals surface area contributed by atoms with Crippen LogP contribution in [0.2, 0.25) is 0 Å². The van der Waals surface area contributed by atoms with Crippen LogP contribution in [0.15, 0.2) is 12.3 Å². The van der Waals surface area contributed by atoms with E-state index in [4.69, 9.17) is 9.84 Å². The van der Waals surface area contributed by atoms with E-state index in [1.54, 1.807) is 12.3 Å². The van der Waals surface area contributed by atoms with Gasteiger partial charge in [0, 0.05) is 31.4 Å². The second-order valence-corrected chi connectivity index (χ2v) is 9.31. The third-order valence-electron chi connectivity index (χ3n) is 6.14. The molecule has 0 aromatic carbocycles. The molecule has 0 spiro atoms. The van der Waals surface area contributed by atoms with Gasteiger partial charge in [-0.15, -0.1) is 0 Å². The van der Waals surface area contributed by atoms with Gasteiger partial charge in [-0.25, -0.2) is 9.59 Å². The largest absolute Gasteiger partial charge is 0.476 e. The van der Waals surface area contributed by atoms with E-state index in [0.717, 1.165) is 51.6 Å². The standard InChI is InChI=1S/C21H34N4O4/c1-21(2,3)29-20(28)24-12-9-16(10-13-24)23(4)15-5-7-17(8-6-15)25-14-11-18(22-25)19(26)27/h11,14-17H,5-10,12-13H2,1-4H3,(H,26,27). The third kappa shape index (κ3) is 5.50. The topological polar surface area (TPSA) is 87.9 Å². The lowest BCUT2D eigenvalue weighted by atomic mass is 9.88. The van der Waals surface area contributed by atoms with Crippen molar-refractivity contribution in [3.63, 3.8) is 0 Å². The summed E-state index contributed by atoms with van der Waals surface area (Å²) in [5.41, 5.74) is -0.343. The molecule has 8 heteroatoms. The van der Waals surface area contributed by atoms with Crippen molar-refractivity contribution in [2.75, 3.05) is 20.1 Å². The minimum Gasteiger partial charge on any atom is -0.476 e.